The van der Waals surface area contributed by atoms with Crippen molar-refractivity contribution in [3.63, 3.8) is 0 Å². The van der Waals surface area contributed by atoms with Gasteiger partial charge in [-0.25, -0.2) is 14.8 Å². The topological polar surface area (TPSA) is 293 Å². The van der Waals surface area contributed by atoms with E-state index in [1.165, 1.54) is 24.5 Å². The van der Waals surface area contributed by atoms with Gasteiger partial charge < -0.3 is 26.6 Å². The quantitative estimate of drug-likeness (QED) is 0.0755. The molecule has 2 amide bonds. The van der Waals surface area contributed by atoms with E-state index < -0.39 is 29.4 Å². The second-order valence-electron chi connectivity index (χ2n) is 8.55. The summed E-state index contributed by atoms with van der Waals surface area (Å²) in [6.45, 7) is 0.231. The van der Waals surface area contributed by atoms with Crippen LogP contribution in [0.4, 0.5) is 11.6 Å². The number of nitrogen functional groups attached to an aromatic ring is 1. The number of carbonyl (C=O) groups is 4. The van der Waals surface area contributed by atoms with E-state index in [1.807, 2.05) is 5.53 Å². The normalized spacial score (nSPS) is 11.0. The lowest BCUT2D eigenvalue weighted by atomic mass is 10.1. The molecule has 43 heavy (non-hydrogen) atoms. The summed E-state index contributed by atoms with van der Waals surface area (Å²) in [7, 11) is 0. The highest BCUT2D eigenvalue weighted by molar-refractivity contribution is 5.97. The van der Waals surface area contributed by atoms with E-state index in [4.69, 9.17) is 21.8 Å². The van der Waals surface area contributed by atoms with Crippen LogP contribution in [0.3, 0.4) is 0 Å². The number of aliphatic carboxylic acids is 2. The number of carbonyl (C=O) groups excluding carboxylic acids is 2. The molecule has 0 fully saturated rings. The van der Waals surface area contributed by atoms with Crippen LogP contribution in [-0.4, -0.2) is 64.9 Å². The maximum absolute atomic E-state index is 12.3. The summed E-state index contributed by atoms with van der Waals surface area (Å²) < 4.78 is 0. The monoisotopic (exact) mass is 593 g/mol. The molecule has 4 aromatic rings. The van der Waals surface area contributed by atoms with Gasteiger partial charge in [-0.1, -0.05) is 0 Å². The Hall–Kier alpha value is -6.01. The predicted octanol–water partition coefficient (Wildman–Crippen LogP) is -0.855. The van der Waals surface area contributed by atoms with Gasteiger partial charge in [0.25, 0.3) is 17.4 Å². The molecule has 18 heteroatoms. The fourth-order valence-corrected chi connectivity index (χ4v) is 3.39. The first-order valence-corrected chi connectivity index (χ1v) is 12.3. The molecule has 1 aromatic carbocycles. The van der Waals surface area contributed by atoms with E-state index in [0.717, 1.165) is 0 Å². The number of carboxylic acids is 2. The number of H-pyrrole nitrogens is 1. The Morgan fingerprint density at radius 3 is 2.35 bits per heavy atom. The van der Waals surface area contributed by atoms with Crippen molar-refractivity contribution in [2.24, 2.45) is 5.84 Å². The first-order chi connectivity index (χ1) is 20.6. The Bertz CT molecular complexity index is 1650. The molecular weight excluding hydrogens is 566 g/mol. The number of aromatic nitrogens is 5. The van der Waals surface area contributed by atoms with Crippen molar-refractivity contribution >= 4 is 46.6 Å². The highest BCUT2D eigenvalue weighted by Gasteiger charge is 2.21. The summed E-state index contributed by atoms with van der Waals surface area (Å²) in [5.74, 6) is 1.40. The zero-order valence-corrected chi connectivity index (χ0v) is 22.3. The van der Waals surface area contributed by atoms with Gasteiger partial charge in [0.05, 0.1) is 24.0 Å². The molecule has 18 nitrogen and oxygen atoms in total. The van der Waals surface area contributed by atoms with Crippen molar-refractivity contribution in [1.29, 1.82) is 0 Å². The van der Waals surface area contributed by atoms with Crippen molar-refractivity contribution in [2.75, 3.05) is 11.1 Å². The summed E-state index contributed by atoms with van der Waals surface area (Å²) in [6, 6.07) is 8.17. The van der Waals surface area contributed by atoms with Gasteiger partial charge in [-0.3, -0.25) is 40.4 Å². The van der Waals surface area contributed by atoms with Crippen LogP contribution in [0.25, 0.3) is 11.2 Å². The minimum Gasteiger partial charge on any atom is -0.481 e. The summed E-state index contributed by atoms with van der Waals surface area (Å²) in [5, 5.41) is 23.2. The lowest BCUT2D eigenvalue weighted by Crippen LogP contribution is -2.42. The molecule has 3 aromatic heterocycles. The van der Waals surface area contributed by atoms with E-state index in [-0.39, 0.29) is 48.0 Å². The van der Waals surface area contributed by atoms with Gasteiger partial charge in [-0.2, -0.15) is 10.5 Å². The third-order valence-corrected chi connectivity index (χ3v) is 5.47. The molecule has 0 saturated heterocycles. The van der Waals surface area contributed by atoms with Crippen molar-refractivity contribution in [1.82, 2.24) is 41.2 Å². The summed E-state index contributed by atoms with van der Waals surface area (Å²) in [4.78, 5) is 75.3. The van der Waals surface area contributed by atoms with Crippen LogP contribution >= 0.6 is 0 Å². The van der Waals surface area contributed by atoms with Crippen LogP contribution < -0.4 is 38.7 Å². The number of aromatic amines is 1. The molecule has 224 valence electrons. The van der Waals surface area contributed by atoms with E-state index in [1.54, 1.807) is 30.5 Å². The third kappa shape index (κ3) is 9.55. The standard InChI is InChI=1S/C19H19N7O6.C6H8N4O/c20-19-25-15-14(17(30)26-19)23-11(8-22-15)7-21-10-3-1-9(2-4-10)16(29)24-12(18(31)32)5-6-13(27)28;7-10-9-6(11)5-2-1-3-8-4-5/h1-4,8,12,21H,5-7H2,(H,24,29)(H,27,28)(H,31,32)(H3,20,22,25,26,30);1-4,10H,7H2,(H,9,11). The van der Waals surface area contributed by atoms with E-state index in [0.29, 0.717) is 16.9 Å². The maximum Gasteiger partial charge on any atom is 0.326 e. The molecule has 1 unspecified atom stereocenters. The molecule has 4 rings (SSSR count). The van der Waals surface area contributed by atoms with Crippen molar-refractivity contribution in [2.45, 2.75) is 25.4 Å². The first-order valence-electron chi connectivity index (χ1n) is 12.3. The molecule has 11 N–H and O–H groups in total. The van der Waals surface area contributed by atoms with Crippen LogP contribution in [0.5, 0.6) is 0 Å². The molecule has 3 heterocycles. The zero-order valence-electron chi connectivity index (χ0n) is 22.3. The Balaban J connectivity index is 0.000000386. The average Bonchev–Trinajstić information content (AvgIpc) is 2.99. The summed E-state index contributed by atoms with van der Waals surface area (Å²) in [5.41, 5.74) is 11.2. The second kappa shape index (κ2) is 15.1. The number of nitrogens with one attached hydrogen (secondary N) is 5. The number of hydrogen-bond donors (Lipinski definition) is 9. The van der Waals surface area contributed by atoms with Crippen LogP contribution in [-0.2, 0) is 16.1 Å². The van der Waals surface area contributed by atoms with E-state index in [2.05, 4.69) is 41.0 Å². The van der Waals surface area contributed by atoms with Gasteiger partial charge in [0.2, 0.25) is 5.95 Å². The first kappa shape index (κ1) is 31.5. The van der Waals surface area contributed by atoms with Crippen molar-refractivity contribution in [3.8, 4) is 0 Å². The number of fused-ring (bicyclic) bond motifs is 1. The number of hydrogen-bond acceptors (Lipinski definition) is 13. The van der Waals surface area contributed by atoms with Gasteiger partial charge >= 0.3 is 11.9 Å². The number of benzene rings is 1. The molecular formula is C25H27N11O7. The number of hydrazine groups is 2. The Morgan fingerprint density at radius 1 is 0.977 bits per heavy atom. The molecule has 0 spiro atoms. The minimum absolute atomic E-state index is 0.0524. The Labute approximate surface area is 241 Å². The highest BCUT2D eigenvalue weighted by Crippen LogP contribution is 2.12. The highest BCUT2D eigenvalue weighted by atomic mass is 16.4. The largest absolute Gasteiger partial charge is 0.481 e. The number of carboxylic acid groups (broad SMARTS) is 2. The Kier molecular flexibility index (Phi) is 11.1. The number of rotatable bonds is 11. The molecule has 0 radical (unpaired) electrons. The van der Waals surface area contributed by atoms with Gasteiger partial charge in [-0.05, 0) is 42.8 Å². The van der Waals surface area contributed by atoms with Crippen LogP contribution in [0.1, 0.15) is 39.3 Å². The fraction of sp³-hybridized carbons (Fsp3) is 0.160. The molecule has 0 saturated carbocycles. The lowest BCUT2D eigenvalue weighted by Gasteiger charge is -2.14. The van der Waals surface area contributed by atoms with Crippen molar-refractivity contribution < 1.29 is 29.4 Å². The maximum atomic E-state index is 12.3. The Morgan fingerprint density at radius 2 is 1.72 bits per heavy atom. The van der Waals surface area contributed by atoms with Crippen LogP contribution in [0.15, 0.2) is 59.8 Å². The summed E-state index contributed by atoms with van der Waals surface area (Å²) >= 11 is 0. The van der Waals surface area contributed by atoms with Gasteiger partial charge in [0.1, 0.15) is 6.04 Å². The minimum atomic E-state index is -1.31. The fourth-order valence-electron chi connectivity index (χ4n) is 3.39. The van der Waals surface area contributed by atoms with Gasteiger partial charge in [-0.15, -0.1) is 0 Å². The average molecular weight is 594 g/mol. The lowest BCUT2D eigenvalue weighted by molar-refractivity contribution is -0.140. The zero-order chi connectivity index (χ0) is 31.4. The molecule has 0 bridgehead atoms. The second-order valence-corrected chi connectivity index (χ2v) is 8.55. The van der Waals surface area contributed by atoms with Gasteiger partial charge in [0.15, 0.2) is 11.2 Å². The number of nitrogens with two attached hydrogens (primary N) is 2. The van der Waals surface area contributed by atoms with E-state index in [9.17, 15) is 24.0 Å². The number of nitrogens with zero attached hydrogens (tertiary/aromatic N) is 4. The van der Waals surface area contributed by atoms with Crippen LogP contribution in [0, 0.1) is 0 Å². The molecule has 0 aliphatic rings. The molecule has 0 aliphatic carbocycles. The molecule has 0 aliphatic heterocycles. The number of pyridine rings is 1. The van der Waals surface area contributed by atoms with E-state index >= 15 is 0 Å². The summed E-state index contributed by atoms with van der Waals surface area (Å²) in [6.07, 6.45) is 3.88. The SMILES string of the molecule is NNNC(=O)c1cccnc1.Nc1nc2ncc(CNc3ccc(C(=O)NC(CCC(=O)O)C(=O)O)cc3)nc2c(=O)[nH]1. The van der Waals surface area contributed by atoms with Crippen molar-refractivity contribution in [3.05, 3.63) is 82.2 Å². The third-order valence-electron chi connectivity index (χ3n) is 5.47. The predicted molar refractivity (Wildman–Crippen MR) is 151 cm³/mol. The van der Waals surface area contributed by atoms with Gasteiger partial charge in [0, 0.05) is 30.1 Å². The van der Waals surface area contributed by atoms with Crippen LogP contribution in [0.2, 0.25) is 0 Å². The molecule has 1 atom stereocenters. The number of amides is 2. The smallest absolute Gasteiger partial charge is 0.326 e. The number of anilines is 2.